The highest BCUT2D eigenvalue weighted by Crippen LogP contribution is 2.12. The van der Waals surface area contributed by atoms with Crippen LogP contribution in [0.5, 0.6) is 0 Å². The molecular weight excluding hydrogens is 168 g/mol. The van der Waals surface area contributed by atoms with E-state index in [1.807, 2.05) is 13.8 Å². The molecule has 0 saturated heterocycles. The predicted octanol–water partition coefficient (Wildman–Crippen LogP) is 0.000900. The number of nitrogens with two attached hydrogens (primary N) is 1. The number of rotatable bonds is 5. The van der Waals surface area contributed by atoms with Crippen molar-refractivity contribution in [3.63, 3.8) is 0 Å². The smallest absolute Gasteiger partial charge is 0.236 e. The molecule has 4 heteroatoms. The molecule has 4 N–H and O–H groups in total. The number of amides is 1. The van der Waals surface area contributed by atoms with E-state index >= 15 is 0 Å². The fourth-order valence-corrected chi connectivity index (χ4v) is 0.913. The molecule has 1 unspecified atom stereocenters. The molecule has 1 atom stereocenters. The van der Waals surface area contributed by atoms with Gasteiger partial charge in [-0.15, -0.1) is 0 Å². The molecule has 0 fully saturated rings. The molecule has 13 heavy (non-hydrogen) atoms. The molecule has 0 saturated carbocycles. The second-order valence-corrected chi connectivity index (χ2v) is 3.44. The summed E-state index contributed by atoms with van der Waals surface area (Å²) in [5.74, 6) is -0.222. The third kappa shape index (κ3) is 4.24. The first-order valence-electron chi connectivity index (χ1n) is 4.71. The van der Waals surface area contributed by atoms with E-state index < -0.39 is 11.6 Å². The quantitative estimate of drug-likeness (QED) is 0.568. The van der Waals surface area contributed by atoms with Crippen LogP contribution in [0.4, 0.5) is 0 Å². The Balaban J connectivity index is 3.92. The van der Waals surface area contributed by atoms with Crippen LogP contribution in [0.1, 0.15) is 33.6 Å². The van der Waals surface area contributed by atoms with Gasteiger partial charge in [-0.05, 0) is 19.8 Å². The number of carbonyl (C=O) groups excluding carboxylic acids is 1. The number of hydrogen-bond donors (Lipinski definition) is 3. The van der Waals surface area contributed by atoms with E-state index in [-0.39, 0.29) is 12.5 Å². The van der Waals surface area contributed by atoms with Gasteiger partial charge >= 0.3 is 0 Å². The van der Waals surface area contributed by atoms with Gasteiger partial charge in [0.25, 0.3) is 0 Å². The molecule has 0 spiro atoms. The Bertz CT molecular complexity index is 165. The van der Waals surface area contributed by atoms with Gasteiger partial charge in [-0.2, -0.15) is 0 Å². The lowest BCUT2D eigenvalue weighted by molar-refractivity contribution is -0.123. The molecule has 78 valence electrons. The Hall–Kier alpha value is -0.610. The maximum atomic E-state index is 11.1. The molecule has 0 aliphatic rings. The van der Waals surface area contributed by atoms with Crippen LogP contribution in [0.25, 0.3) is 0 Å². The van der Waals surface area contributed by atoms with E-state index in [1.165, 1.54) is 0 Å². The van der Waals surface area contributed by atoms with Gasteiger partial charge in [0.05, 0.1) is 11.6 Å². The van der Waals surface area contributed by atoms with Crippen molar-refractivity contribution in [1.82, 2.24) is 5.32 Å². The zero-order chi connectivity index (χ0) is 10.5. The summed E-state index contributed by atoms with van der Waals surface area (Å²) in [4.78, 5) is 11.1. The zero-order valence-electron chi connectivity index (χ0n) is 8.63. The predicted molar refractivity (Wildman–Crippen MR) is 52.2 cm³/mol. The Morgan fingerprint density at radius 3 is 2.31 bits per heavy atom. The van der Waals surface area contributed by atoms with Crippen molar-refractivity contribution in [2.24, 2.45) is 5.73 Å². The van der Waals surface area contributed by atoms with Gasteiger partial charge in [-0.3, -0.25) is 4.79 Å². The van der Waals surface area contributed by atoms with Crippen molar-refractivity contribution in [3.8, 4) is 0 Å². The van der Waals surface area contributed by atoms with Crippen molar-refractivity contribution in [2.75, 3.05) is 6.54 Å². The highest BCUT2D eigenvalue weighted by molar-refractivity contribution is 5.80. The number of carbonyl (C=O) groups is 1. The second kappa shape index (κ2) is 5.19. The lowest BCUT2D eigenvalue weighted by atomic mass is 9.97. The average Bonchev–Trinajstić information content (AvgIpc) is 2.13. The normalized spacial score (nSPS) is 13.9. The van der Waals surface area contributed by atoms with Gasteiger partial charge in [0.1, 0.15) is 0 Å². The van der Waals surface area contributed by atoms with E-state index in [9.17, 15) is 9.90 Å². The summed E-state index contributed by atoms with van der Waals surface area (Å²) in [6, 6.07) is -0.516. The van der Waals surface area contributed by atoms with E-state index in [4.69, 9.17) is 5.73 Å². The molecular formula is C9H20N2O2. The fraction of sp³-hybridized carbons (Fsp3) is 0.889. The van der Waals surface area contributed by atoms with Crippen LogP contribution in [0, 0.1) is 0 Å². The fourth-order valence-electron chi connectivity index (χ4n) is 0.913. The van der Waals surface area contributed by atoms with E-state index in [2.05, 4.69) is 5.32 Å². The molecule has 0 radical (unpaired) electrons. The third-order valence-corrected chi connectivity index (χ3v) is 2.32. The van der Waals surface area contributed by atoms with E-state index in [0.29, 0.717) is 12.8 Å². The first kappa shape index (κ1) is 12.4. The first-order chi connectivity index (χ1) is 5.95. The largest absolute Gasteiger partial charge is 0.388 e. The van der Waals surface area contributed by atoms with Crippen LogP contribution in [0.15, 0.2) is 0 Å². The second-order valence-electron chi connectivity index (χ2n) is 3.44. The summed E-state index contributed by atoms with van der Waals surface area (Å²) in [5, 5.41) is 12.4. The lowest BCUT2D eigenvalue weighted by Gasteiger charge is -2.25. The topological polar surface area (TPSA) is 75.3 Å². The highest BCUT2D eigenvalue weighted by Gasteiger charge is 2.23. The summed E-state index contributed by atoms with van der Waals surface area (Å²) < 4.78 is 0. The zero-order valence-corrected chi connectivity index (χ0v) is 8.63. The molecule has 0 aliphatic carbocycles. The van der Waals surface area contributed by atoms with Gasteiger partial charge in [-0.1, -0.05) is 13.8 Å². The molecule has 0 heterocycles. The minimum absolute atomic E-state index is 0.222. The van der Waals surface area contributed by atoms with Crippen LogP contribution in [-0.2, 0) is 4.79 Å². The molecule has 0 aromatic carbocycles. The molecule has 1 amide bonds. The summed E-state index contributed by atoms with van der Waals surface area (Å²) in [7, 11) is 0. The van der Waals surface area contributed by atoms with Crippen molar-refractivity contribution in [1.29, 1.82) is 0 Å². The molecule has 0 bridgehead atoms. The number of nitrogens with one attached hydrogen (secondary N) is 1. The van der Waals surface area contributed by atoms with Gasteiger partial charge in [0.15, 0.2) is 0 Å². The van der Waals surface area contributed by atoms with Crippen LogP contribution >= 0.6 is 0 Å². The molecule has 0 aromatic heterocycles. The Kier molecular flexibility index (Phi) is 4.95. The van der Waals surface area contributed by atoms with Crippen LogP contribution < -0.4 is 11.1 Å². The summed E-state index contributed by atoms with van der Waals surface area (Å²) in [6.45, 7) is 5.68. The number of hydrogen-bond acceptors (Lipinski definition) is 3. The van der Waals surface area contributed by atoms with Gasteiger partial charge in [0, 0.05) is 6.54 Å². The standard InChI is InChI=1S/C9H20N2O2/c1-4-9(13,5-2)6-11-8(12)7(3)10/h7,13H,4-6,10H2,1-3H3,(H,11,12). The van der Waals surface area contributed by atoms with Gasteiger partial charge in [0.2, 0.25) is 5.91 Å². The third-order valence-electron chi connectivity index (χ3n) is 2.32. The monoisotopic (exact) mass is 188 g/mol. The Morgan fingerprint density at radius 2 is 2.00 bits per heavy atom. The Labute approximate surface area is 79.5 Å². The summed E-state index contributed by atoms with van der Waals surface area (Å²) >= 11 is 0. The van der Waals surface area contributed by atoms with E-state index in [1.54, 1.807) is 6.92 Å². The summed E-state index contributed by atoms with van der Waals surface area (Å²) in [6.07, 6.45) is 1.26. The number of aliphatic hydroxyl groups is 1. The average molecular weight is 188 g/mol. The van der Waals surface area contributed by atoms with Crippen molar-refractivity contribution < 1.29 is 9.90 Å². The summed E-state index contributed by atoms with van der Waals surface area (Å²) in [5.41, 5.74) is 4.57. The van der Waals surface area contributed by atoms with Crippen LogP contribution in [0.2, 0.25) is 0 Å². The minimum atomic E-state index is -0.787. The molecule has 4 nitrogen and oxygen atoms in total. The maximum Gasteiger partial charge on any atom is 0.236 e. The molecule has 0 aliphatic heterocycles. The molecule has 0 aromatic rings. The molecule has 0 rings (SSSR count). The first-order valence-corrected chi connectivity index (χ1v) is 4.71. The van der Waals surface area contributed by atoms with Gasteiger partial charge < -0.3 is 16.2 Å². The van der Waals surface area contributed by atoms with E-state index in [0.717, 1.165) is 0 Å². The minimum Gasteiger partial charge on any atom is -0.388 e. The van der Waals surface area contributed by atoms with Crippen LogP contribution in [-0.4, -0.2) is 29.2 Å². The lowest BCUT2D eigenvalue weighted by Crippen LogP contribution is -2.46. The van der Waals surface area contributed by atoms with Crippen molar-refractivity contribution >= 4 is 5.91 Å². The SMILES string of the molecule is CCC(O)(CC)CNC(=O)C(C)N. The van der Waals surface area contributed by atoms with Gasteiger partial charge in [-0.25, -0.2) is 0 Å². The van der Waals surface area contributed by atoms with Crippen LogP contribution in [0.3, 0.4) is 0 Å². The highest BCUT2D eigenvalue weighted by atomic mass is 16.3. The van der Waals surface area contributed by atoms with Crippen molar-refractivity contribution in [2.45, 2.75) is 45.3 Å². The maximum absolute atomic E-state index is 11.1. The Morgan fingerprint density at radius 1 is 1.54 bits per heavy atom. The van der Waals surface area contributed by atoms with Crippen molar-refractivity contribution in [3.05, 3.63) is 0 Å².